The molecule has 0 aliphatic rings. The minimum Gasteiger partial charge on any atom is -0.355 e. The van der Waals surface area contributed by atoms with Crippen LogP contribution in [0.1, 0.15) is 29.2 Å². The molecule has 44 heavy (non-hydrogen) atoms. The molecule has 7 nitrogen and oxygen atoms in total. The largest absolute Gasteiger partial charge is 0.355 e. The second kappa shape index (κ2) is 14.9. The minimum absolute atomic E-state index is 0.00368. The molecular formula is C34H35BrClN3O4S. The molecule has 0 aliphatic heterocycles. The summed E-state index contributed by atoms with van der Waals surface area (Å²) in [4.78, 5) is 29.5. The zero-order valence-corrected chi connectivity index (χ0v) is 28.0. The number of amides is 2. The van der Waals surface area contributed by atoms with E-state index in [4.69, 9.17) is 11.6 Å². The number of hydrogen-bond donors (Lipinski definition) is 1. The van der Waals surface area contributed by atoms with Gasteiger partial charge in [0.05, 0.1) is 10.6 Å². The van der Waals surface area contributed by atoms with Crippen LogP contribution in [-0.2, 0) is 32.6 Å². The third kappa shape index (κ3) is 8.28. The summed E-state index contributed by atoms with van der Waals surface area (Å²) >= 11 is 9.55. The van der Waals surface area contributed by atoms with Crippen molar-refractivity contribution in [3.63, 3.8) is 0 Å². The summed E-state index contributed by atoms with van der Waals surface area (Å²) < 4.78 is 30.2. The van der Waals surface area contributed by atoms with Crippen molar-refractivity contribution in [2.24, 2.45) is 0 Å². The Kier molecular flexibility index (Phi) is 11.2. The monoisotopic (exact) mass is 695 g/mol. The van der Waals surface area contributed by atoms with Gasteiger partial charge in [-0.3, -0.25) is 13.9 Å². The number of carbonyl (C=O) groups excluding carboxylic acids is 2. The first kappa shape index (κ1) is 33.2. The number of carbonyl (C=O) groups is 2. The third-order valence-corrected chi connectivity index (χ3v) is 9.86. The molecule has 0 aliphatic carbocycles. The van der Waals surface area contributed by atoms with Crippen LogP contribution < -0.4 is 9.62 Å². The summed E-state index contributed by atoms with van der Waals surface area (Å²) in [5.41, 5.74) is 3.86. The lowest BCUT2D eigenvalue weighted by atomic mass is 10.0. The first-order valence-corrected chi connectivity index (χ1v) is 16.8. The standard InChI is InChI=1S/C34H35BrClN3O4S/c1-4-37-34(41)32(21-26-9-6-5-7-10-26)38(22-27-11-8-12-28(35)20-27)33(40)23-39(30-16-13-24(2)25(3)19-30)44(42,43)31-17-14-29(36)15-18-31/h5-20,32H,4,21-23H2,1-3H3,(H,37,41)/t32-/m0/s1. The van der Waals surface area contributed by atoms with Crippen LogP contribution in [0.4, 0.5) is 5.69 Å². The first-order chi connectivity index (χ1) is 21.0. The molecule has 10 heteroatoms. The van der Waals surface area contributed by atoms with E-state index in [-0.39, 0.29) is 23.8 Å². The van der Waals surface area contributed by atoms with Crippen molar-refractivity contribution in [3.05, 3.63) is 129 Å². The van der Waals surface area contributed by atoms with Crippen LogP contribution in [0.25, 0.3) is 0 Å². The molecule has 4 aromatic carbocycles. The summed E-state index contributed by atoms with van der Waals surface area (Å²) in [6.45, 7) is 5.59. The summed E-state index contributed by atoms with van der Waals surface area (Å²) in [7, 11) is -4.20. The second-order valence-electron chi connectivity index (χ2n) is 10.5. The zero-order chi connectivity index (χ0) is 31.9. The Morgan fingerprint density at radius 3 is 2.18 bits per heavy atom. The molecule has 1 atom stereocenters. The molecule has 0 radical (unpaired) electrons. The van der Waals surface area contributed by atoms with Gasteiger partial charge in [-0.15, -0.1) is 0 Å². The van der Waals surface area contributed by atoms with Crippen molar-refractivity contribution in [3.8, 4) is 0 Å². The molecule has 0 bridgehead atoms. The normalized spacial score (nSPS) is 11.9. The van der Waals surface area contributed by atoms with Gasteiger partial charge in [0.15, 0.2) is 0 Å². The Bertz CT molecular complexity index is 1720. The molecule has 4 aromatic rings. The summed E-state index contributed by atoms with van der Waals surface area (Å²) in [6, 6.07) is 27.1. The molecule has 0 saturated heterocycles. The highest BCUT2D eigenvalue weighted by atomic mass is 79.9. The van der Waals surface area contributed by atoms with Gasteiger partial charge in [0.2, 0.25) is 11.8 Å². The molecule has 0 heterocycles. The Morgan fingerprint density at radius 2 is 1.55 bits per heavy atom. The van der Waals surface area contributed by atoms with Crippen LogP contribution in [0, 0.1) is 13.8 Å². The average Bonchev–Trinajstić information content (AvgIpc) is 3.00. The number of hydrogen-bond acceptors (Lipinski definition) is 4. The molecule has 4 rings (SSSR count). The van der Waals surface area contributed by atoms with Gasteiger partial charge in [-0.05, 0) is 91.6 Å². The third-order valence-electron chi connectivity index (χ3n) is 7.32. The van der Waals surface area contributed by atoms with E-state index in [2.05, 4.69) is 21.2 Å². The highest BCUT2D eigenvalue weighted by Crippen LogP contribution is 2.28. The molecule has 0 fully saturated rings. The molecule has 0 saturated carbocycles. The van der Waals surface area contributed by atoms with E-state index < -0.39 is 28.5 Å². The lowest BCUT2D eigenvalue weighted by Crippen LogP contribution is -2.53. The number of sulfonamides is 1. The van der Waals surface area contributed by atoms with E-state index in [0.29, 0.717) is 17.3 Å². The van der Waals surface area contributed by atoms with Crippen LogP contribution in [0.3, 0.4) is 0 Å². The number of aryl methyl sites for hydroxylation is 2. The first-order valence-electron chi connectivity index (χ1n) is 14.2. The molecule has 0 aromatic heterocycles. The van der Waals surface area contributed by atoms with Crippen molar-refractivity contribution < 1.29 is 18.0 Å². The van der Waals surface area contributed by atoms with Crippen molar-refractivity contribution >= 4 is 55.1 Å². The Morgan fingerprint density at radius 1 is 0.864 bits per heavy atom. The number of nitrogens with zero attached hydrogens (tertiary/aromatic N) is 2. The fourth-order valence-corrected chi connectivity index (χ4v) is 6.80. The van der Waals surface area contributed by atoms with Crippen LogP contribution in [0.15, 0.2) is 106 Å². The number of anilines is 1. The number of likely N-dealkylation sites (N-methyl/N-ethyl adjacent to an activating group) is 1. The Labute approximate surface area is 273 Å². The number of nitrogens with one attached hydrogen (secondary N) is 1. The lowest BCUT2D eigenvalue weighted by Gasteiger charge is -2.34. The lowest BCUT2D eigenvalue weighted by molar-refractivity contribution is -0.140. The summed E-state index contributed by atoms with van der Waals surface area (Å²) in [5.74, 6) is -0.842. The highest BCUT2D eigenvalue weighted by molar-refractivity contribution is 9.10. The quantitative estimate of drug-likeness (QED) is 0.179. The van der Waals surface area contributed by atoms with E-state index in [0.717, 1.165) is 31.0 Å². The van der Waals surface area contributed by atoms with Gasteiger partial charge in [-0.2, -0.15) is 0 Å². The molecule has 0 unspecified atom stereocenters. The fourth-order valence-electron chi connectivity index (χ4n) is 4.82. The van der Waals surface area contributed by atoms with E-state index in [1.165, 1.54) is 29.2 Å². The van der Waals surface area contributed by atoms with Crippen LogP contribution in [0.5, 0.6) is 0 Å². The zero-order valence-electron chi connectivity index (χ0n) is 24.8. The highest BCUT2D eigenvalue weighted by Gasteiger charge is 2.34. The van der Waals surface area contributed by atoms with Crippen molar-refractivity contribution in [1.82, 2.24) is 10.2 Å². The predicted octanol–water partition coefficient (Wildman–Crippen LogP) is 6.69. The average molecular weight is 697 g/mol. The smallest absolute Gasteiger partial charge is 0.264 e. The van der Waals surface area contributed by atoms with Gasteiger partial charge < -0.3 is 10.2 Å². The Hall–Kier alpha value is -3.66. The maximum absolute atomic E-state index is 14.4. The van der Waals surface area contributed by atoms with E-state index in [9.17, 15) is 18.0 Å². The van der Waals surface area contributed by atoms with E-state index in [1.54, 1.807) is 12.1 Å². The maximum Gasteiger partial charge on any atom is 0.264 e. The van der Waals surface area contributed by atoms with Gasteiger partial charge in [0.25, 0.3) is 10.0 Å². The maximum atomic E-state index is 14.4. The molecule has 2 amide bonds. The van der Waals surface area contributed by atoms with Crippen LogP contribution in [-0.4, -0.2) is 44.3 Å². The summed E-state index contributed by atoms with van der Waals surface area (Å²) in [6.07, 6.45) is 0.250. The van der Waals surface area contributed by atoms with Gasteiger partial charge in [0.1, 0.15) is 12.6 Å². The summed E-state index contributed by atoms with van der Waals surface area (Å²) in [5, 5.41) is 3.26. The predicted molar refractivity (Wildman–Crippen MR) is 179 cm³/mol. The van der Waals surface area contributed by atoms with Gasteiger partial charge in [0, 0.05) is 29.0 Å². The van der Waals surface area contributed by atoms with Gasteiger partial charge in [-0.1, -0.05) is 76.1 Å². The number of rotatable bonds is 12. The number of benzene rings is 4. The van der Waals surface area contributed by atoms with Crippen LogP contribution in [0.2, 0.25) is 5.02 Å². The fraction of sp³-hybridized carbons (Fsp3) is 0.235. The minimum atomic E-state index is -4.20. The number of halogens is 2. The topological polar surface area (TPSA) is 86.8 Å². The van der Waals surface area contributed by atoms with E-state index in [1.807, 2.05) is 81.4 Å². The van der Waals surface area contributed by atoms with Crippen molar-refractivity contribution in [2.75, 3.05) is 17.4 Å². The SMILES string of the molecule is CCNC(=O)[C@H](Cc1ccccc1)N(Cc1cccc(Br)c1)C(=O)CN(c1ccc(C)c(C)c1)S(=O)(=O)c1ccc(Cl)cc1. The van der Waals surface area contributed by atoms with Crippen molar-refractivity contribution in [2.45, 2.75) is 44.7 Å². The van der Waals surface area contributed by atoms with Crippen LogP contribution >= 0.6 is 27.5 Å². The van der Waals surface area contributed by atoms with Gasteiger partial charge in [-0.25, -0.2) is 8.42 Å². The van der Waals surface area contributed by atoms with Crippen molar-refractivity contribution in [1.29, 1.82) is 0 Å². The van der Waals surface area contributed by atoms with E-state index >= 15 is 0 Å². The molecule has 230 valence electrons. The molecular weight excluding hydrogens is 662 g/mol. The molecule has 1 N–H and O–H groups in total. The second-order valence-corrected chi connectivity index (χ2v) is 13.7. The Balaban J connectivity index is 1.81. The molecule has 0 spiro atoms. The van der Waals surface area contributed by atoms with Gasteiger partial charge >= 0.3 is 0 Å².